The van der Waals surface area contributed by atoms with Crippen LogP contribution in [0.1, 0.15) is 23.2 Å². The molecular weight excluding hydrogens is 188 g/mol. The Morgan fingerprint density at radius 2 is 2.38 bits per heavy atom. The van der Waals surface area contributed by atoms with Gasteiger partial charge in [-0.15, -0.1) is 11.8 Å². The predicted molar refractivity (Wildman–Crippen MR) is 51.1 cm³/mol. The highest BCUT2D eigenvalue weighted by Crippen LogP contribution is 2.17. The van der Waals surface area contributed by atoms with E-state index in [2.05, 4.69) is 9.97 Å². The molecule has 0 spiro atoms. The van der Waals surface area contributed by atoms with Crippen molar-refractivity contribution >= 4 is 17.7 Å². The molecule has 0 aliphatic carbocycles. The molecule has 0 saturated carbocycles. The highest BCUT2D eigenvalue weighted by atomic mass is 32.2. The SMILES string of the molecule is CCOC(=O)c1[nH]c(C)nc1SC. The molecule has 0 bridgehead atoms. The Hall–Kier alpha value is -0.970. The number of carbonyl (C=O) groups is 1. The maximum absolute atomic E-state index is 11.3. The molecule has 1 aromatic heterocycles. The van der Waals surface area contributed by atoms with Crippen LogP contribution in [0.2, 0.25) is 0 Å². The van der Waals surface area contributed by atoms with Crippen LogP contribution >= 0.6 is 11.8 Å². The number of thioether (sulfide) groups is 1. The van der Waals surface area contributed by atoms with Crippen molar-refractivity contribution in [2.24, 2.45) is 0 Å². The van der Waals surface area contributed by atoms with E-state index in [4.69, 9.17) is 4.74 Å². The second kappa shape index (κ2) is 4.32. The van der Waals surface area contributed by atoms with Gasteiger partial charge >= 0.3 is 5.97 Å². The molecule has 0 amide bonds. The monoisotopic (exact) mass is 200 g/mol. The van der Waals surface area contributed by atoms with E-state index in [0.717, 1.165) is 5.82 Å². The number of carbonyl (C=O) groups excluding carboxylic acids is 1. The number of aromatic amines is 1. The Bertz CT molecular complexity index is 309. The fourth-order valence-electron chi connectivity index (χ4n) is 0.960. The van der Waals surface area contributed by atoms with Crippen molar-refractivity contribution in [1.29, 1.82) is 0 Å². The molecule has 1 rings (SSSR count). The first kappa shape index (κ1) is 10.1. The molecule has 1 aromatic rings. The van der Waals surface area contributed by atoms with Gasteiger partial charge in [-0.1, -0.05) is 0 Å². The molecule has 0 unspecified atom stereocenters. The predicted octanol–water partition coefficient (Wildman–Crippen LogP) is 1.62. The molecule has 13 heavy (non-hydrogen) atoms. The molecule has 4 nitrogen and oxygen atoms in total. The minimum atomic E-state index is -0.340. The van der Waals surface area contributed by atoms with Crippen LogP contribution in [0.4, 0.5) is 0 Å². The van der Waals surface area contributed by atoms with Crippen LogP contribution in [0.15, 0.2) is 5.03 Å². The number of nitrogens with zero attached hydrogens (tertiary/aromatic N) is 1. The van der Waals surface area contributed by atoms with Crippen molar-refractivity contribution < 1.29 is 9.53 Å². The summed E-state index contributed by atoms with van der Waals surface area (Å²) < 4.78 is 4.86. The number of aromatic nitrogens is 2. The minimum Gasteiger partial charge on any atom is -0.461 e. The van der Waals surface area contributed by atoms with E-state index < -0.39 is 0 Å². The molecule has 0 radical (unpaired) electrons. The van der Waals surface area contributed by atoms with Crippen molar-refractivity contribution in [1.82, 2.24) is 9.97 Å². The number of ether oxygens (including phenoxy) is 1. The lowest BCUT2D eigenvalue weighted by molar-refractivity contribution is 0.0515. The zero-order valence-electron chi connectivity index (χ0n) is 7.88. The maximum Gasteiger partial charge on any atom is 0.357 e. The highest BCUT2D eigenvalue weighted by Gasteiger charge is 2.15. The molecule has 0 atom stereocenters. The second-order valence-corrected chi connectivity index (χ2v) is 3.22. The van der Waals surface area contributed by atoms with Gasteiger partial charge < -0.3 is 9.72 Å². The van der Waals surface area contributed by atoms with E-state index in [1.807, 2.05) is 13.2 Å². The first-order chi connectivity index (χ1) is 6.19. The normalized spacial score (nSPS) is 10.1. The fraction of sp³-hybridized carbons (Fsp3) is 0.500. The maximum atomic E-state index is 11.3. The number of hydrogen-bond acceptors (Lipinski definition) is 4. The number of imidazole rings is 1. The van der Waals surface area contributed by atoms with Crippen LogP contribution in [0.5, 0.6) is 0 Å². The largest absolute Gasteiger partial charge is 0.461 e. The summed E-state index contributed by atoms with van der Waals surface area (Å²) in [6.07, 6.45) is 1.87. The van der Waals surface area contributed by atoms with E-state index in [9.17, 15) is 4.79 Å². The standard InChI is InChI=1S/C8H12N2O2S/c1-4-12-8(11)6-7(13-3)10-5(2)9-6/h4H2,1-3H3,(H,9,10). The van der Waals surface area contributed by atoms with Crippen molar-refractivity contribution in [2.75, 3.05) is 12.9 Å². The van der Waals surface area contributed by atoms with Gasteiger partial charge in [-0.3, -0.25) is 0 Å². The molecule has 0 aliphatic heterocycles. The quantitative estimate of drug-likeness (QED) is 0.595. The highest BCUT2D eigenvalue weighted by molar-refractivity contribution is 7.98. The van der Waals surface area contributed by atoms with Gasteiger partial charge in [0.2, 0.25) is 0 Å². The average molecular weight is 200 g/mol. The third-order valence-electron chi connectivity index (χ3n) is 1.46. The number of hydrogen-bond donors (Lipinski definition) is 1. The van der Waals surface area contributed by atoms with Crippen LogP contribution in [-0.4, -0.2) is 28.8 Å². The summed E-state index contributed by atoms with van der Waals surface area (Å²) in [5, 5.41) is 0.691. The third kappa shape index (κ3) is 2.24. The number of esters is 1. The Balaban J connectivity index is 2.91. The summed E-state index contributed by atoms with van der Waals surface area (Å²) in [6, 6.07) is 0. The van der Waals surface area contributed by atoms with Gasteiger partial charge in [-0.25, -0.2) is 9.78 Å². The number of rotatable bonds is 3. The average Bonchev–Trinajstić information content (AvgIpc) is 2.47. The van der Waals surface area contributed by atoms with E-state index in [-0.39, 0.29) is 5.97 Å². The first-order valence-electron chi connectivity index (χ1n) is 3.96. The van der Waals surface area contributed by atoms with Gasteiger partial charge in [-0.2, -0.15) is 0 Å². The Morgan fingerprint density at radius 3 is 2.92 bits per heavy atom. The van der Waals surface area contributed by atoms with Gasteiger partial charge in [0.15, 0.2) is 5.69 Å². The number of nitrogens with one attached hydrogen (secondary N) is 1. The summed E-state index contributed by atoms with van der Waals surface area (Å²) in [5.41, 5.74) is 0.451. The molecule has 1 heterocycles. The summed E-state index contributed by atoms with van der Waals surface area (Å²) in [5.74, 6) is 0.389. The lowest BCUT2D eigenvalue weighted by Gasteiger charge is -1.99. The fourth-order valence-corrected chi connectivity index (χ4v) is 1.53. The van der Waals surface area contributed by atoms with Gasteiger partial charge in [0, 0.05) is 0 Å². The van der Waals surface area contributed by atoms with Crippen LogP contribution in [0.3, 0.4) is 0 Å². The number of H-pyrrole nitrogens is 1. The van der Waals surface area contributed by atoms with Gasteiger partial charge in [0.25, 0.3) is 0 Å². The van der Waals surface area contributed by atoms with Crippen molar-refractivity contribution in [2.45, 2.75) is 18.9 Å². The van der Waals surface area contributed by atoms with Crippen LogP contribution < -0.4 is 0 Å². The van der Waals surface area contributed by atoms with Crippen LogP contribution in [-0.2, 0) is 4.74 Å². The summed E-state index contributed by atoms with van der Waals surface area (Å²) in [6.45, 7) is 3.97. The van der Waals surface area contributed by atoms with E-state index in [1.165, 1.54) is 11.8 Å². The smallest absolute Gasteiger partial charge is 0.357 e. The molecule has 72 valence electrons. The minimum absolute atomic E-state index is 0.340. The van der Waals surface area contributed by atoms with Gasteiger partial charge in [-0.05, 0) is 20.1 Å². The van der Waals surface area contributed by atoms with Crippen LogP contribution in [0, 0.1) is 6.92 Å². The Kier molecular flexibility index (Phi) is 3.36. The second-order valence-electron chi connectivity index (χ2n) is 2.43. The van der Waals surface area contributed by atoms with Gasteiger partial charge in [0.1, 0.15) is 10.9 Å². The third-order valence-corrected chi connectivity index (χ3v) is 2.14. The molecular formula is C8H12N2O2S. The molecule has 0 saturated heterocycles. The molecule has 0 aromatic carbocycles. The summed E-state index contributed by atoms with van der Waals surface area (Å²) in [7, 11) is 0. The zero-order chi connectivity index (χ0) is 9.84. The van der Waals surface area contributed by atoms with E-state index in [0.29, 0.717) is 17.3 Å². The van der Waals surface area contributed by atoms with E-state index in [1.54, 1.807) is 6.92 Å². The Labute approximate surface area is 81.1 Å². The molecule has 0 aliphatic rings. The summed E-state index contributed by atoms with van der Waals surface area (Å²) >= 11 is 1.43. The first-order valence-corrected chi connectivity index (χ1v) is 5.19. The molecule has 0 fully saturated rings. The lowest BCUT2D eigenvalue weighted by atomic mass is 10.5. The zero-order valence-corrected chi connectivity index (χ0v) is 8.70. The van der Waals surface area contributed by atoms with Crippen molar-refractivity contribution in [3.8, 4) is 0 Å². The molecule has 5 heteroatoms. The number of aryl methyl sites for hydroxylation is 1. The van der Waals surface area contributed by atoms with E-state index >= 15 is 0 Å². The van der Waals surface area contributed by atoms with Crippen LogP contribution in [0.25, 0.3) is 0 Å². The van der Waals surface area contributed by atoms with Crippen molar-refractivity contribution in [3.05, 3.63) is 11.5 Å². The lowest BCUT2D eigenvalue weighted by Crippen LogP contribution is -2.06. The summed E-state index contributed by atoms with van der Waals surface area (Å²) in [4.78, 5) is 18.3. The molecule has 1 N–H and O–H groups in total. The topological polar surface area (TPSA) is 55.0 Å². The van der Waals surface area contributed by atoms with Gasteiger partial charge in [0.05, 0.1) is 6.61 Å². The van der Waals surface area contributed by atoms with Crippen molar-refractivity contribution in [3.63, 3.8) is 0 Å². The Morgan fingerprint density at radius 1 is 1.69 bits per heavy atom.